The lowest BCUT2D eigenvalue weighted by Gasteiger charge is -2.04. The molecule has 0 aliphatic heterocycles. The highest BCUT2D eigenvalue weighted by Crippen LogP contribution is 2.26. The molecule has 0 aliphatic rings. The molecule has 0 spiro atoms. The Morgan fingerprint density at radius 3 is 2.65 bits per heavy atom. The monoisotopic (exact) mass is 308 g/mol. The minimum Gasteiger partial charge on any atom is -0.496 e. The standard InChI is InChI=1S/C18H16N2O3/c1-19-15(8-7-13-5-3-4-6-18(13)23-2)11-14-12-16(20(21)22)9-10-17(14)19/h3-12H,1-2H3/b8-7+. The van der Waals surface area contributed by atoms with Gasteiger partial charge in [0.1, 0.15) is 5.75 Å². The third-order valence-electron chi connectivity index (χ3n) is 3.85. The summed E-state index contributed by atoms with van der Waals surface area (Å²) in [5, 5.41) is 11.7. The zero-order valence-corrected chi connectivity index (χ0v) is 12.9. The number of non-ortho nitro benzene ring substituents is 1. The van der Waals surface area contributed by atoms with Gasteiger partial charge in [0.25, 0.3) is 5.69 Å². The summed E-state index contributed by atoms with van der Waals surface area (Å²) in [4.78, 5) is 10.5. The van der Waals surface area contributed by atoms with Gasteiger partial charge in [-0.3, -0.25) is 10.1 Å². The Kier molecular flexibility index (Phi) is 3.85. The summed E-state index contributed by atoms with van der Waals surface area (Å²) < 4.78 is 7.34. The first-order chi connectivity index (χ1) is 11.1. The summed E-state index contributed by atoms with van der Waals surface area (Å²) >= 11 is 0. The van der Waals surface area contributed by atoms with Gasteiger partial charge in [0.2, 0.25) is 0 Å². The van der Waals surface area contributed by atoms with E-state index in [-0.39, 0.29) is 10.6 Å². The van der Waals surface area contributed by atoms with Crippen molar-refractivity contribution >= 4 is 28.7 Å². The number of para-hydroxylation sites is 1. The lowest BCUT2D eigenvalue weighted by atomic mass is 10.1. The van der Waals surface area contributed by atoms with Gasteiger partial charge >= 0.3 is 0 Å². The molecule has 0 bridgehead atoms. The predicted octanol–water partition coefficient (Wildman–Crippen LogP) is 4.27. The van der Waals surface area contributed by atoms with Gasteiger partial charge in [-0.15, -0.1) is 0 Å². The number of nitrogens with zero attached hydrogens (tertiary/aromatic N) is 2. The summed E-state index contributed by atoms with van der Waals surface area (Å²) in [6.45, 7) is 0. The molecule has 1 heterocycles. The molecule has 0 atom stereocenters. The fourth-order valence-electron chi connectivity index (χ4n) is 2.61. The first kappa shape index (κ1) is 14.8. The van der Waals surface area contributed by atoms with Crippen LogP contribution in [0.25, 0.3) is 23.1 Å². The van der Waals surface area contributed by atoms with Gasteiger partial charge in [-0.2, -0.15) is 0 Å². The van der Waals surface area contributed by atoms with Crippen LogP contribution in [0.2, 0.25) is 0 Å². The SMILES string of the molecule is COc1ccccc1/C=C/c1cc2cc([N+](=O)[O-])ccc2n1C. The molecular weight excluding hydrogens is 292 g/mol. The van der Waals surface area contributed by atoms with E-state index >= 15 is 0 Å². The second-order valence-electron chi connectivity index (χ2n) is 5.20. The highest BCUT2D eigenvalue weighted by molar-refractivity contribution is 5.87. The molecule has 5 nitrogen and oxygen atoms in total. The number of hydrogen-bond donors (Lipinski definition) is 0. The summed E-state index contributed by atoms with van der Waals surface area (Å²) in [5.74, 6) is 0.804. The van der Waals surface area contributed by atoms with Crippen molar-refractivity contribution in [2.24, 2.45) is 7.05 Å². The first-order valence-electron chi connectivity index (χ1n) is 7.15. The van der Waals surface area contributed by atoms with Crippen molar-refractivity contribution in [3.05, 3.63) is 69.9 Å². The van der Waals surface area contributed by atoms with Gasteiger partial charge in [0.15, 0.2) is 0 Å². The number of fused-ring (bicyclic) bond motifs is 1. The Morgan fingerprint density at radius 2 is 1.91 bits per heavy atom. The Bertz CT molecular complexity index is 910. The highest BCUT2D eigenvalue weighted by atomic mass is 16.6. The smallest absolute Gasteiger partial charge is 0.270 e. The molecule has 0 fully saturated rings. The van der Waals surface area contributed by atoms with Gasteiger partial charge in [0.05, 0.1) is 12.0 Å². The fourth-order valence-corrected chi connectivity index (χ4v) is 2.61. The van der Waals surface area contributed by atoms with Crippen molar-refractivity contribution in [3.63, 3.8) is 0 Å². The largest absolute Gasteiger partial charge is 0.496 e. The maximum Gasteiger partial charge on any atom is 0.270 e. The average Bonchev–Trinajstić information content (AvgIpc) is 2.88. The Balaban J connectivity index is 2.01. The van der Waals surface area contributed by atoms with Gasteiger partial charge < -0.3 is 9.30 Å². The van der Waals surface area contributed by atoms with E-state index in [9.17, 15) is 10.1 Å². The van der Waals surface area contributed by atoms with Crippen molar-refractivity contribution in [2.75, 3.05) is 7.11 Å². The van der Waals surface area contributed by atoms with Gasteiger partial charge in [0, 0.05) is 41.3 Å². The van der Waals surface area contributed by atoms with Gasteiger partial charge in [-0.1, -0.05) is 18.2 Å². The molecule has 0 aliphatic carbocycles. The topological polar surface area (TPSA) is 57.3 Å². The number of aromatic nitrogens is 1. The lowest BCUT2D eigenvalue weighted by Crippen LogP contribution is -1.91. The molecule has 0 radical (unpaired) electrons. The first-order valence-corrected chi connectivity index (χ1v) is 7.15. The van der Waals surface area contributed by atoms with Crippen LogP contribution in [0.4, 0.5) is 5.69 Å². The van der Waals surface area contributed by atoms with Crippen molar-refractivity contribution in [1.29, 1.82) is 0 Å². The third kappa shape index (κ3) is 2.81. The van der Waals surface area contributed by atoms with E-state index in [1.165, 1.54) is 6.07 Å². The zero-order valence-electron chi connectivity index (χ0n) is 12.9. The number of benzene rings is 2. The molecule has 5 heteroatoms. The molecular formula is C18H16N2O3. The number of nitro benzene ring substituents is 1. The maximum absolute atomic E-state index is 10.9. The van der Waals surface area contributed by atoms with E-state index in [1.54, 1.807) is 19.2 Å². The third-order valence-corrected chi connectivity index (χ3v) is 3.85. The van der Waals surface area contributed by atoms with E-state index < -0.39 is 0 Å². The summed E-state index contributed by atoms with van der Waals surface area (Å²) in [6.07, 6.45) is 3.95. The van der Waals surface area contributed by atoms with Crippen molar-refractivity contribution in [2.45, 2.75) is 0 Å². The molecule has 0 unspecified atom stereocenters. The van der Waals surface area contributed by atoms with Crippen LogP contribution in [-0.2, 0) is 7.05 Å². The van der Waals surface area contributed by atoms with Crippen LogP contribution >= 0.6 is 0 Å². The molecule has 2 aromatic carbocycles. The lowest BCUT2D eigenvalue weighted by molar-refractivity contribution is -0.384. The maximum atomic E-state index is 10.9. The fraction of sp³-hybridized carbons (Fsp3) is 0.111. The molecule has 1 aromatic heterocycles. The summed E-state index contributed by atoms with van der Waals surface area (Å²) in [6, 6.07) is 14.6. The van der Waals surface area contributed by atoms with Crippen molar-refractivity contribution < 1.29 is 9.66 Å². The molecule has 0 saturated heterocycles. The quantitative estimate of drug-likeness (QED) is 0.534. The van der Waals surface area contributed by atoms with Crippen molar-refractivity contribution in [3.8, 4) is 5.75 Å². The molecule has 0 N–H and O–H groups in total. The van der Waals surface area contributed by atoms with Crippen LogP contribution < -0.4 is 4.74 Å². The Morgan fingerprint density at radius 1 is 1.13 bits per heavy atom. The summed E-state index contributed by atoms with van der Waals surface area (Å²) in [5.41, 5.74) is 3.00. The Hall–Kier alpha value is -3.08. The molecule has 3 aromatic rings. The van der Waals surface area contributed by atoms with Crippen LogP contribution in [0.5, 0.6) is 5.75 Å². The second kappa shape index (κ2) is 5.96. The molecule has 3 rings (SSSR count). The number of hydrogen-bond acceptors (Lipinski definition) is 3. The van der Waals surface area contributed by atoms with Crippen LogP contribution in [0.1, 0.15) is 11.3 Å². The van der Waals surface area contributed by atoms with E-state index in [0.717, 1.165) is 27.9 Å². The van der Waals surface area contributed by atoms with Crippen LogP contribution in [-0.4, -0.2) is 16.6 Å². The summed E-state index contributed by atoms with van der Waals surface area (Å²) in [7, 11) is 3.58. The van der Waals surface area contributed by atoms with Crippen LogP contribution in [0.3, 0.4) is 0 Å². The van der Waals surface area contributed by atoms with E-state index in [1.807, 2.05) is 54.1 Å². The molecule has 116 valence electrons. The number of nitro groups is 1. The van der Waals surface area contributed by atoms with E-state index in [2.05, 4.69) is 0 Å². The van der Waals surface area contributed by atoms with Crippen molar-refractivity contribution in [1.82, 2.24) is 4.57 Å². The minimum absolute atomic E-state index is 0.100. The number of aryl methyl sites for hydroxylation is 1. The minimum atomic E-state index is -0.378. The highest BCUT2D eigenvalue weighted by Gasteiger charge is 2.10. The zero-order chi connectivity index (χ0) is 16.4. The number of rotatable bonds is 4. The van der Waals surface area contributed by atoms with E-state index in [4.69, 9.17) is 4.74 Å². The van der Waals surface area contributed by atoms with Crippen LogP contribution in [0.15, 0.2) is 48.5 Å². The predicted molar refractivity (Wildman–Crippen MR) is 91.5 cm³/mol. The normalized spacial score (nSPS) is 11.2. The van der Waals surface area contributed by atoms with E-state index in [0.29, 0.717) is 0 Å². The number of methoxy groups -OCH3 is 1. The molecule has 23 heavy (non-hydrogen) atoms. The molecule has 0 amide bonds. The second-order valence-corrected chi connectivity index (χ2v) is 5.20. The average molecular weight is 308 g/mol. The van der Waals surface area contributed by atoms with Crippen LogP contribution in [0, 0.1) is 10.1 Å². The van der Waals surface area contributed by atoms with Gasteiger partial charge in [-0.05, 0) is 30.4 Å². The number of ether oxygens (including phenoxy) is 1. The molecule has 0 saturated carbocycles. The van der Waals surface area contributed by atoms with Gasteiger partial charge in [-0.25, -0.2) is 0 Å². The Labute approximate surface area is 133 Å².